The van der Waals surface area contributed by atoms with E-state index < -0.39 is 5.82 Å². The molecule has 0 radical (unpaired) electrons. The van der Waals surface area contributed by atoms with E-state index in [9.17, 15) is 9.18 Å². The van der Waals surface area contributed by atoms with Crippen molar-refractivity contribution in [1.29, 1.82) is 0 Å². The number of aryl methyl sites for hydroxylation is 1. The molecular weight excluding hydrogens is 263 g/mol. The van der Waals surface area contributed by atoms with Crippen LogP contribution < -0.4 is 5.32 Å². The number of urea groups is 1. The molecule has 1 fully saturated rings. The summed E-state index contributed by atoms with van der Waals surface area (Å²) in [6.45, 7) is 3.89. The zero-order valence-corrected chi connectivity index (χ0v) is 11.7. The van der Waals surface area contributed by atoms with Gasteiger partial charge < -0.3 is 19.7 Å². The SMILES string of the molecule is COCCOC1CN(C(=O)Nc2ccc(C)cc2F)C1. The van der Waals surface area contributed by atoms with Gasteiger partial charge in [-0.15, -0.1) is 0 Å². The maximum atomic E-state index is 13.6. The Morgan fingerprint density at radius 3 is 2.85 bits per heavy atom. The zero-order valence-electron chi connectivity index (χ0n) is 11.7. The van der Waals surface area contributed by atoms with Crippen LogP contribution >= 0.6 is 0 Å². The van der Waals surface area contributed by atoms with Gasteiger partial charge in [0.05, 0.1) is 38.1 Å². The molecule has 1 saturated heterocycles. The van der Waals surface area contributed by atoms with Crippen molar-refractivity contribution >= 4 is 11.7 Å². The fourth-order valence-electron chi connectivity index (χ4n) is 1.92. The maximum Gasteiger partial charge on any atom is 0.322 e. The predicted octanol–water partition coefficient (Wildman–Crippen LogP) is 2.01. The Hall–Kier alpha value is -1.66. The van der Waals surface area contributed by atoms with E-state index in [4.69, 9.17) is 9.47 Å². The predicted molar refractivity (Wildman–Crippen MR) is 73.3 cm³/mol. The highest BCUT2D eigenvalue weighted by atomic mass is 19.1. The van der Waals surface area contributed by atoms with Crippen LogP contribution in [0.15, 0.2) is 18.2 Å². The van der Waals surface area contributed by atoms with Gasteiger partial charge in [-0.3, -0.25) is 0 Å². The van der Waals surface area contributed by atoms with Gasteiger partial charge in [-0.1, -0.05) is 6.07 Å². The average molecular weight is 282 g/mol. The first-order valence-corrected chi connectivity index (χ1v) is 6.52. The molecule has 1 aromatic rings. The second-order valence-electron chi connectivity index (χ2n) is 4.80. The van der Waals surface area contributed by atoms with E-state index in [0.29, 0.717) is 26.3 Å². The number of methoxy groups -OCH3 is 1. The second kappa shape index (κ2) is 6.67. The topological polar surface area (TPSA) is 50.8 Å². The Labute approximate surface area is 117 Å². The molecule has 0 aromatic heterocycles. The summed E-state index contributed by atoms with van der Waals surface area (Å²) in [7, 11) is 1.61. The molecule has 1 aliphatic heterocycles. The Morgan fingerprint density at radius 2 is 2.20 bits per heavy atom. The number of amides is 2. The van der Waals surface area contributed by atoms with Crippen molar-refractivity contribution < 1.29 is 18.7 Å². The van der Waals surface area contributed by atoms with E-state index >= 15 is 0 Å². The molecule has 0 bridgehead atoms. The summed E-state index contributed by atoms with van der Waals surface area (Å²) in [5, 5.41) is 2.56. The van der Waals surface area contributed by atoms with Gasteiger partial charge in [0.25, 0.3) is 0 Å². The van der Waals surface area contributed by atoms with Gasteiger partial charge in [0.2, 0.25) is 0 Å². The molecule has 2 amide bonds. The first-order valence-electron chi connectivity index (χ1n) is 6.52. The molecule has 2 rings (SSSR count). The number of nitrogens with zero attached hydrogens (tertiary/aromatic N) is 1. The number of rotatable bonds is 5. The molecule has 6 heteroatoms. The molecule has 1 heterocycles. The van der Waals surface area contributed by atoms with Crippen molar-refractivity contribution in [2.75, 3.05) is 38.7 Å². The number of carbonyl (C=O) groups excluding carboxylic acids is 1. The maximum absolute atomic E-state index is 13.6. The van der Waals surface area contributed by atoms with Gasteiger partial charge in [-0.2, -0.15) is 0 Å². The van der Waals surface area contributed by atoms with Crippen molar-refractivity contribution in [1.82, 2.24) is 4.90 Å². The largest absolute Gasteiger partial charge is 0.382 e. The summed E-state index contributed by atoms with van der Waals surface area (Å²) >= 11 is 0. The molecule has 0 aliphatic carbocycles. The van der Waals surface area contributed by atoms with E-state index in [1.807, 2.05) is 0 Å². The standard InChI is InChI=1S/C14H19FN2O3/c1-10-3-4-13(12(15)7-10)16-14(18)17-8-11(9-17)20-6-5-19-2/h3-4,7,11H,5-6,8-9H2,1-2H3,(H,16,18). The third kappa shape index (κ3) is 3.68. The lowest BCUT2D eigenvalue weighted by Crippen LogP contribution is -2.56. The Kier molecular flexibility index (Phi) is 4.92. The van der Waals surface area contributed by atoms with Gasteiger partial charge >= 0.3 is 6.03 Å². The summed E-state index contributed by atoms with van der Waals surface area (Å²) < 4.78 is 24.0. The summed E-state index contributed by atoms with van der Waals surface area (Å²) in [5.74, 6) is -0.424. The lowest BCUT2D eigenvalue weighted by atomic mass is 10.2. The first kappa shape index (κ1) is 14.7. The fraction of sp³-hybridized carbons (Fsp3) is 0.500. The average Bonchev–Trinajstić information content (AvgIpc) is 2.35. The summed E-state index contributed by atoms with van der Waals surface area (Å²) in [6.07, 6.45) is 0.0405. The molecule has 1 aliphatic rings. The van der Waals surface area contributed by atoms with Gasteiger partial charge in [0, 0.05) is 7.11 Å². The molecule has 1 aromatic carbocycles. The molecule has 0 saturated carbocycles. The van der Waals surface area contributed by atoms with Gasteiger partial charge in [-0.25, -0.2) is 9.18 Å². The van der Waals surface area contributed by atoms with Crippen molar-refractivity contribution in [3.8, 4) is 0 Å². The van der Waals surface area contributed by atoms with Gasteiger partial charge in [0.1, 0.15) is 5.82 Å². The van der Waals surface area contributed by atoms with E-state index in [1.165, 1.54) is 6.07 Å². The van der Waals surface area contributed by atoms with Crippen LogP contribution in [0, 0.1) is 12.7 Å². The van der Waals surface area contributed by atoms with Crippen molar-refractivity contribution in [3.63, 3.8) is 0 Å². The number of carbonyl (C=O) groups is 1. The number of halogens is 1. The minimum absolute atomic E-state index is 0.0405. The highest BCUT2D eigenvalue weighted by Gasteiger charge is 2.31. The summed E-state index contributed by atoms with van der Waals surface area (Å²) in [6, 6.07) is 4.40. The van der Waals surface area contributed by atoms with E-state index in [1.54, 1.807) is 31.1 Å². The Bertz CT molecular complexity index is 475. The number of benzene rings is 1. The van der Waals surface area contributed by atoms with Crippen LogP contribution in [0.5, 0.6) is 0 Å². The number of anilines is 1. The lowest BCUT2D eigenvalue weighted by molar-refractivity contribution is -0.0486. The van der Waals surface area contributed by atoms with Gasteiger partial charge in [-0.05, 0) is 24.6 Å². The highest BCUT2D eigenvalue weighted by molar-refractivity contribution is 5.90. The fourth-order valence-corrected chi connectivity index (χ4v) is 1.92. The number of hydrogen-bond donors (Lipinski definition) is 1. The number of hydrogen-bond acceptors (Lipinski definition) is 3. The molecule has 5 nitrogen and oxygen atoms in total. The normalized spacial score (nSPS) is 15.1. The Morgan fingerprint density at radius 1 is 1.45 bits per heavy atom. The third-order valence-electron chi connectivity index (χ3n) is 3.14. The molecule has 110 valence electrons. The summed E-state index contributed by atoms with van der Waals surface area (Å²) in [5.41, 5.74) is 1.01. The van der Waals surface area contributed by atoms with Crippen molar-refractivity contribution in [2.24, 2.45) is 0 Å². The quantitative estimate of drug-likeness (QED) is 0.841. The first-order chi connectivity index (χ1) is 9.60. The minimum Gasteiger partial charge on any atom is -0.382 e. The van der Waals surface area contributed by atoms with Crippen LogP contribution in [-0.2, 0) is 9.47 Å². The highest BCUT2D eigenvalue weighted by Crippen LogP contribution is 2.18. The van der Waals surface area contributed by atoms with E-state index in [-0.39, 0.29) is 17.8 Å². The second-order valence-corrected chi connectivity index (χ2v) is 4.80. The molecule has 0 atom stereocenters. The molecule has 1 N–H and O–H groups in total. The van der Waals surface area contributed by atoms with Crippen LogP contribution in [0.4, 0.5) is 14.9 Å². The monoisotopic (exact) mass is 282 g/mol. The van der Waals surface area contributed by atoms with Crippen LogP contribution in [0.25, 0.3) is 0 Å². The third-order valence-corrected chi connectivity index (χ3v) is 3.14. The van der Waals surface area contributed by atoms with Crippen LogP contribution in [0.2, 0.25) is 0 Å². The molecular formula is C14H19FN2O3. The number of nitrogens with one attached hydrogen (secondary N) is 1. The van der Waals surface area contributed by atoms with Crippen LogP contribution in [0.1, 0.15) is 5.56 Å². The van der Waals surface area contributed by atoms with Crippen LogP contribution in [0.3, 0.4) is 0 Å². The molecule has 0 unspecified atom stereocenters. The van der Waals surface area contributed by atoms with E-state index in [0.717, 1.165) is 5.56 Å². The van der Waals surface area contributed by atoms with Crippen molar-refractivity contribution in [3.05, 3.63) is 29.6 Å². The van der Waals surface area contributed by atoms with Gasteiger partial charge in [0.15, 0.2) is 0 Å². The molecule has 20 heavy (non-hydrogen) atoms. The number of likely N-dealkylation sites (tertiary alicyclic amines) is 1. The Balaban J connectivity index is 1.77. The lowest BCUT2D eigenvalue weighted by Gasteiger charge is -2.38. The van der Waals surface area contributed by atoms with Crippen molar-refractivity contribution in [2.45, 2.75) is 13.0 Å². The molecule has 0 spiro atoms. The minimum atomic E-state index is -0.424. The summed E-state index contributed by atoms with van der Waals surface area (Å²) in [4.78, 5) is 13.5. The van der Waals surface area contributed by atoms with Crippen LogP contribution in [-0.4, -0.2) is 50.4 Å². The number of ether oxygens (including phenoxy) is 2. The van der Waals surface area contributed by atoms with E-state index in [2.05, 4.69) is 5.32 Å². The smallest absolute Gasteiger partial charge is 0.322 e. The zero-order chi connectivity index (χ0) is 14.5.